The third-order valence-electron chi connectivity index (χ3n) is 5.92. The maximum atomic E-state index is 13.8. The van der Waals surface area contributed by atoms with E-state index >= 15 is 0 Å². The topological polar surface area (TPSA) is 188 Å². The number of carboxylic acids is 1. The summed E-state index contributed by atoms with van der Waals surface area (Å²) < 4.78 is 9.70. The van der Waals surface area contributed by atoms with Crippen LogP contribution in [0.5, 0.6) is 0 Å². The highest BCUT2D eigenvalue weighted by molar-refractivity contribution is 6.18. The summed E-state index contributed by atoms with van der Waals surface area (Å²) in [6, 6.07) is 12.9. The van der Waals surface area contributed by atoms with Gasteiger partial charge in [0.05, 0.1) is 12.3 Å². The number of halogens is 1. The molecule has 0 bridgehead atoms. The average molecular weight is 570 g/mol. The van der Waals surface area contributed by atoms with Crippen molar-refractivity contribution in [2.24, 2.45) is 5.92 Å². The Morgan fingerprint density at radius 3 is 2.52 bits per heavy atom. The zero-order valence-corrected chi connectivity index (χ0v) is 21.8. The van der Waals surface area contributed by atoms with Crippen LogP contribution in [0.4, 0.5) is 11.4 Å². The number of carbonyl (C=O) groups is 4. The van der Waals surface area contributed by atoms with Gasteiger partial charge >= 0.3 is 17.7 Å². The van der Waals surface area contributed by atoms with E-state index in [9.17, 15) is 29.1 Å². The Bertz CT molecular complexity index is 1590. The van der Waals surface area contributed by atoms with Crippen molar-refractivity contribution in [2.75, 3.05) is 22.6 Å². The SMILES string of the molecule is CC(=O)O[C@@H](C(=O)Nc1ccc(-c2noc(=O)[nH]2)cc1)[C@@H](CC(=O)O)C(=O)N(CCCl)c1ccc2[nH]ccc2c1. The van der Waals surface area contributed by atoms with Crippen molar-refractivity contribution in [3.63, 3.8) is 0 Å². The number of nitrogens with zero attached hydrogens (tertiary/aromatic N) is 2. The van der Waals surface area contributed by atoms with Crippen molar-refractivity contribution in [1.29, 1.82) is 0 Å². The monoisotopic (exact) mass is 569 g/mol. The van der Waals surface area contributed by atoms with Crippen molar-refractivity contribution in [3.05, 3.63) is 65.3 Å². The normalized spacial score (nSPS) is 12.4. The fourth-order valence-corrected chi connectivity index (χ4v) is 4.32. The molecule has 14 heteroatoms. The predicted octanol–water partition coefficient (Wildman–Crippen LogP) is 2.74. The molecule has 2 aromatic carbocycles. The van der Waals surface area contributed by atoms with Crippen LogP contribution in [-0.4, -0.2) is 62.5 Å². The van der Waals surface area contributed by atoms with Gasteiger partial charge in [-0.1, -0.05) is 5.16 Å². The summed E-state index contributed by atoms with van der Waals surface area (Å²) in [5.41, 5.74) is 1.98. The number of amides is 2. The van der Waals surface area contributed by atoms with Crippen LogP contribution in [-0.2, 0) is 23.9 Å². The standard InChI is InChI=1S/C26H24ClN5O8/c1-14(33)39-22(24(36)29-17-4-2-15(3-5-17)23-30-26(38)40-31-23)19(13-21(34)35)25(37)32(11-9-27)18-6-7-20-16(12-18)8-10-28-20/h2-8,10,12,19,22,28H,9,11,13H2,1H3,(H,29,36)(H,34,35)(H,30,31,38)/t19-,22-/m1/s1. The van der Waals surface area contributed by atoms with E-state index in [1.54, 1.807) is 30.5 Å². The third-order valence-corrected chi connectivity index (χ3v) is 6.09. The van der Waals surface area contributed by atoms with Crippen LogP contribution in [0.1, 0.15) is 13.3 Å². The van der Waals surface area contributed by atoms with Crippen LogP contribution >= 0.6 is 11.6 Å². The summed E-state index contributed by atoms with van der Waals surface area (Å²) in [4.78, 5) is 68.8. The Morgan fingerprint density at radius 1 is 1.15 bits per heavy atom. The Hall–Kier alpha value is -4.91. The molecule has 2 amide bonds. The van der Waals surface area contributed by atoms with Gasteiger partial charge in [0.15, 0.2) is 11.9 Å². The van der Waals surface area contributed by atoms with Gasteiger partial charge in [-0.2, -0.15) is 0 Å². The van der Waals surface area contributed by atoms with Crippen molar-refractivity contribution < 1.29 is 33.5 Å². The highest BCUT2D eigenvalue weighted by Gasteiger charge is 2.40. The molecule has 0 aliphatic carbocycles. The average Bonchev–Trinajstić information content (AvgIpc) is 3.57. The number of fused-ring (bicyclic) bond motifs is 1. The number of ether oxygens (including phenoxy) is 1. The minimum absolute atomic E-state index is 0.00640. The molecule has 0 aliphatic rings. The Balaban J connectivity index is 1.63. The molecule has 40 heavy (non-hydrogen) atoms. The van der Waals surface area contributed by atoms with E-state index in [1.807, 2.05) is 0 Å². The molecule has 0 spiro atoms. The van der Waals surface area contributed by atoms with Crippen LogP contribution in [0.25, 0.3) is 22.3 Å². The molecule has 0 saturated heterocycles. The molecule has 2 atom stereocenters. The lowest BCUT2D eigenvalue weighted by atomic mass is 9.95. The number of carbonyl (C=O) groups excluding carboxylic acids is 3. The molecule has 0 saturated carbocycles. The first-order valence-corrected chi connectivity index (χ1v) is 12.5. The molecule has 4 N–H and O–H groups in total. The van der Waals surface area contributed by atoms with E-state index in [0.717, 1.165) is 17.8 Å². The fourth-order valence-electron chi connectivity index (χ4n) is 4.15. The number of benzene rings is 2. The summed E-state index contributed by atoms with van der Waals surface area (Å²) in [5, 5.41) is 16.5. The molecule has 208 valence electrons. The van der Waals surface area contributed by atoms with E-state index < -0.39 is 48.0 Å². The van der Waals surface area contributed by atoms with E-state index in [0.29, 0.717) is 11.3 Å². The zero-order chi connectivity index (χ0) is 28.8. The molecule has 4 aromatic rings. The number of hydrogen-bond donors (Lipinski definition) is 4. The number of aromatic amines is 2. The predicted molar refractivity (Wildman–Crippen MR) is 144 cm³/mol. The van der Waals surface area contributed by atoms with E-state index in [4.69, 9.17) is 16.3 Å². The van der Waals surface area contributed by atoms with Crippen molar-refractivity contribution >= 4 is 57.6 Å². The van der Waals surface area contributed by atoms with Gasteiger partial charge in [-0.05, 0) is 48.5 Å². The van der Waals surface area contributed by atoms with Gasteiger partial charge in [-0.3, -0.25) is 28.7 Å². The Kier molecular flexibility index (Phi) is 8.64. The highest BCUT2D eigenvalue weighted by Crippen LogP contribution is 2.27. The summed E-state index contributed by atoms with van der Waals surface area (Å²) in [5.74, 6) is -6.05. The first kappa shape index (κ1) is 28.1. The lowest BCUT2D eigenvalue weighted by Crippen LogP contribution is -2.48. The van der Waals surface area contributed by atoms with Gasteiger partial charge in [0.2, 0.25) is 5.91 Å². The number of alkyl halides is 1. The molecule has 4 rings (SSSR count). The number of aliphatic carboxylic acids is 1. The minimum Gasteiger partial charge on any atom is -0.481 e. The van der Waals surface area contributed by atoms with E-state index in [2.05, 4.69) is 25.0 Å². The lowest BCUT2D eigenvalue weighted by molar-refractivity contribution is -0.160. The molecule has 0 aliphatic heterocycles. The van der Waals surface area contributed by atoms with Crippen LogP contribution in [0.3, 0.4) is 0 Å². The van der Waals surface area contributed by atoms with Crippen molar-refractivity contribution in [3.8, 4) is 11.4 Å². The molecular weight excluding hydrogens is 546 g/mol. The van der Waals surface area contributed by atoms with Crippen LogP contribution in [0.2, 0.25) is 0 Å². The summed E-state index contributed by atoms with van der Waals surface area (Å²) in [6.45, 7) is 1.05. The van der Waals surface area contributed by atoms with Crippen molar-refractivity contribution in [2.45, 2.75) is 19.4 Å². The number of anilines is 2. The second kappa shape index (κ2) is 12.3. The third kappa shape index (κ3) is 6.56. The van der Waals surface area contributed by atoms with Gasteiger partial charge < -0.3 is 25.0 Å². The second-order valence-electron chi connectivity index (χ2n) is 8.67. The smallest absolute Gasteiger partial charge is 0.439 e. The largest absolute Gasteiger partial charge is 0.481 e. The van der Waals surface area contributed by atoms with E-state index in [-0.39, 0.29) is 23.9 Å². The van der Waals surface area contributed by atoms with Gasteiger partial charge in [-0.25, -0.2) is 4.79 Å². The molecule has 2 aromatic heterocycles. The van der Waals surface area contributed by atoms with Crippen molar-refractivity contribution in [1.82, 2.24) is 15.1 Å². The number of carboxylic acid groups (broad SMARTS) is 1. The summed E-state index contributed by atoms with van der Waals surface area (Å²) >= 11 is 5.98. The highest BCUT2D eigenvalue weighted by atomic mass is 35.5. The number of aromatic nitrogens is 3. The first-order valence-electron chi connectivity index (χ1n) is 12.0. The van der Waals surface area contributed by atoms with E-state index in [1.165, 1.54) is 29.2 Å². The van der Waals surface area contributed by atoms with Crippen LogP contribution in [0.15, 0.2) is 64.0 Å². The number of H-pyrrole nitrogens is 2. The second-order valence-corrected chi connectivity index (χ2v) is 9.05. The zero-order valence-electron chi connectivity index (χ0n) is 21.0. The summed E-state index contributed by atoms with van der Waals surface area (Å²) in [7, 11) is 0. The molecule has 0 unspecified atom stereocenters. The number of nitrogens with one attached hydrogen (secondary N) is 3. The van der Waals surface area contributed by atoms with Gasteiger partial charge in [0, 0.05) is 53.4 Å². The van der Waals surface area contributed by atoms with Gasteiger partial charge in [0.25, 0.3) is 5.91 Å². The van der Waals surface area contributed by atoms with Crippen LogP contribution in [0, 0.1) is 5.92 Å². The molecule has 0 radical (unpaired) electrons. The maximum Gasteiger partial charge on any atom is 0.439 e. The molecular formula is C26H24ClN5O8. The van der Waals surface area contributed by atoms with Gasteiger partial charge in [-0.15, -0.1) is 11.6 Å². The number of hydrogen-bond acceptors (Lipinski definition) is 8. The Labute approximate surface area is 231 Å². The molecule has 2 heterocycles. The number of rotatable bonds is 11. The lowest BCUT2D eigenvalue weighted by Gasteiger charge is -2.30. The fraction of sp³-hybridized carbons (Fsp3) is 0.231. The number of esters is 1. The minimum atomic E-state index is -1.78. The van der Waals surface area contributed by atoms with Crippen LogP contribution < -0.4 is 16.0 Å². The molecule has 0 fully saturated rings. The quantitative estimate of drug-likeness (QED) is 0.155. The Morgan fingerprint density at radius 2 is 1.90 bits per heavy atom. The van der Waals surface area contributed by atoms with Gasteiger partial charge in [0.1, 0.15) is 0 Å². The molecule has 13 nitrogen and oxygen atoms in total. The summed E-state index contributed by atoms with van der Waals surface area (Å²) in [6.07, 6.45) is -0.844. The maximum absolute atomic E-state index is 13.8. The first-order chi connectivity index (χ1) is 19.2.